The first-order valence-corrected chi connectivity index (χ1v) is 9.59. The molecular weight excluding hydrogens is 439 g/mol. The molecule has 11 heteroatoms. The number of rotatable bonds is 3. The summed E-state index contributed by atoms with van der Waals surface area (Å²) in [5.74, 6) is 0.723. The zero-order valence-corrected chi connectivity index (χ0v) is 18.1. The Morgan fingerprint density at radius 3 is 2.66 bits per heavy atom. The maximum Gasteiger partial charge on any atom is 0.410 e. The van der Waals surface area contributed by atoms with Crippen LogP contribution in [0, 0.1) is 0 Å². The number of para-hydroxylation sites is 1. The zero-order valence-electron chi connectivity index (χ0n) is 17.1. The fourth-order valence-electron chi connectivity index (χ4n) is 3.40. The first-order chi connectivity index (χ1) is 14.9. The van der Waals surface area contributed by atoms with Crippen LogP contribution >= 0.6 is 13.5 Å². The standard InChI is InChI=1S/C13H12F3N5.C8H8N2.H2S/c1-2-10(13(14,15)16)21-6-8(5-20-21)11-9-3-4-17-12(9)19-7-18-11;9-8-5-6-3-1-2-4-7(6)10-8;/h3-7,10H,2H2,1H3,(H,17,18,19);1-5,10H,9H2;1H2/t10-;;/m1../s1. The van der Waals surface area contributed by atoms with E-state index in [1.165, 1.54) is 31.0 Å². The van der Waals surface area contributed by atoms with Gasteiger partial charge in [0.15, 0.2) is 0 Å². The Bertz CT molecular complexity index is 1270. The molecule has 4 aromatic heterocycles. The maximum absolute atomic E-state index is 12.9. The second-order valence-electron chi connectivity index (χ2n) is 6.95. The van der Waals surface area contributed by atoms with Gasteiger partial charge in [0.2, 0.25) is 0 Å². The van der Waals surface area contributed by atoms with Gasteiger partial charge in [-0.2, -0.15) is 31.8 Å². The molecule has 0 saturated heterocycles. The van der Waals surface area contributed by atoms with E-state index in [0.717, 1.165) is 21.4 Å². The molecule has 1 atom stereocenters. The van der Waals surface area contributed by atoms with Crippen LogP contribution in [0.3, 0.4) is 0 Å². The van der Waals surface area contributed by atoms with Gasteiger partial charge in [-0.25, -0.2) is 9.97 Å². The highest BCUT2D eigenvalue weighted by Gasteiger charge is 2.40. The predicted octanol–water partition coefficient (Wildman–Crippen LogP) is 5.20. The molecule has 0 unspecified atom stereocenters. The molecule has 0 spiro atoms. The summed E-state index contributed by atoms with van der Waals surface area (Å²) in [6.07, 6.45) is 1.44. The van der Waals surface area contributed by atoms with Gasteiger partial charge >= 0.3 is 6.18 Å². The van der Waals surface area contributed by atoms with Crippen molar-refractivity contribution >= 4 is 41.2 Å². The molecular formula is C21H22F3N7S. The Balaban J connectivity index is 0.000000220. The molecule has 5 rings (SSSR count). The van der Waals surface area contributed by atoms with Gasteiger partial charge in [-0.1, -0.05) is 25.1 Å². The fraction of sp³-hybridized carbons (Fsp3) is 0.190. The Hall–Kier alpha value is -3.47. The van der Waals surface area contributed by atoms with Crippen molar-refractivity contribution in [2.24, 2.45) is 0 Å². The molecule has 4 heterocycles. The summed E-state index contributed by atoms with van der Waals surface area (Å²) in [6.45, 7) is 1.48. The minimum absolute atomic E-state index is 0. The van der Waals surface area contributed by atoms with Gasteiger partial charge in [0.1, 0.15) is 23.8 Å². The van der Waals surface area contributed by atoms with Crippen LogP contribution < -0.4 is 5.73 Å². The van der Waals surface area contributed by atoms with Crippen molar-refractivity contribution in [1.82, 2.24) is 29.7 Å². The number of aromatic nitrogens is 6. The first-order valence-electron chi connectivity index (χ1n) is 9.59. The van der Waals surface area contributed by atoms with E-state index >= 15 is 0 Å². The van der Waals surface area contributed by atoms with Crippen LogP contribution in [0.25, 0.3) is 33.2 Å². The van der Waals surface area contributed by atoms with Crippen molar-refractivity contribution in [2.75, 3.05) is 5.73 Å². The van der Waals surface area contributed by atoms with Crippen molar-refractivity contribution in [3.05, 3.63) is 61.3 Å². The van der Waals surface area contributed by atoms with E-state index in [0.29, 0.717) is 16.9 Å². The number of alkyl halides is 3. The summed E-state index contributed by atoms with van der Waals surface area (Å²) in [5.41, 5.74) is 8.36. The average Bonchev–Trinajstić information content (AvgIpc) is 3.46. The SMILES string of the molecule is CC[C@@H](n1cc(-c2ncnc3[nH]ccc23)cn1)C(F)(F)F.Nc1cc2ccccc2[nH]1.S. The minimum atomic E-state index is -4.33. The van der Waals surface area contributed by atoms with E-state index < -0.39 is 12.2 Å². The second-order valence-corrected chi connectivity index (χ2v) is 6.95. The largest absolute Gasteiger partial charge is 0.410 e. The van der Waals surface area contributed by atoms with Crippen LogP contribution in [0.15, 0.2) is 61.3 Å². The lowest BCUT2D eigenvalue weighted by atomic mass is 10.2. The number of nitrogens with two attached hydrogens (primary N) is 1. The first kappa shape index (κ1) is 23.2. The Kier molecular flexibility index (Phi) is 6.78. The lowest BCUT2D eigenvalue weighted by Crippen LogP contribution is -2.26. The quantitative estimate of drug-likeness (QED) is 0.344. The summed E-state index contributed by atoms with van der Waals surface area (Å²) in [4.78, 5) is 14.2. The topological polar surface area (TPSA) is 101 Å². The summed E-state index contributed by atoms with van der Waals surface area (Å²) in [6, 6.07) is 10.1. The number of nitrogens with zero attached hydrogens (tertiary/aromatic N) is 4. The third-order valence-electron chi connectivity index (χ3n) is 4.86. The molecule has 0 bridgehead atoms. The van der Waals surface area contributed by atoms with Gasteiger partial charge in [0, 0.05) is 34.2 Å². The van der Waals surface area contributed by atoms with Crippen molar-refractivity contribution in [3.8, 4) is 11.3 Å². The molecule has 168 valence electrons. The lowest BCUT2D eigenvalue weighted by molar-refractivity contribution is -0.170. The number of H-pyrrole nitrogens is 2. The maximum atomic E-state index is 12.9. The number of nitrogen functional groups attached to an aromatic ring is 1. The molecule has 0 saturated carbocycles. The number of nitrogens with one attached hydrogen (secondary N) is 2. The lowest BCUT2D eigenvalue weighted by Gasteiger charge is -2.18. The minimum Gasteiger partial charge on any atom is -0.385 e. The third kappa shape index (κ3) is 4.72. The smallest absolute Gasteiger partial charge is 0.385 e. The van der Waals surface area contributed by atoms with E-state index in [9.17, 15) is 13.2 Å². The summed E-state index contributed by atoms with van der Waals surface area (Å²) in [7, 11) is 0. The second kappa shape index (κ2) is 9.35. The predicted molar refractivity (Wildman–Crippen MR) is 124 cm³/mol. The van der Waals surface area contributed by atoms with E-state index in [-0.39, 0.29) is 19.9 Å². The monoisotopic (exact) mass is 461 g/mol. The summed E-state index contributed by atoms with van der Waals surface area (Å²) < 4.78 is 39.7. The van der Waals surface area contributed by atoms with Crippen LogP contribution in [0.4, 0.5) is 19.0 Å². The van der Waals surface area contributed by atoms with Crippen molar-refractivity contribution in [2.45, 2.75) is 25.6 Å². The summed E-state index contributed by atoms with van der Waals surface area (Å²) in [5, 5.41) is 5.76. The zero-order chi connectivity index (χ0) is 22.0. The van der Waals surface area contributed by atoms with Crippen LogP contribution in [0.1, 0.15) is 19.4 Å². The van der Waals surface area contributed by atoms with Gasteiger partial charge in [-0.15, -0.1) is 0 Å². The van der Waals surface area contributed by atoms with Crippen molar-refractivity contribution in [3.63, 3.8) is 0 Å². The summed E-state index contributed by atoms with van der Waals surface area (Å²) >= 11 is 0. The molecule has 0 aliphatic carbocycles. The Morgan fingerprint density at radius 2 is 1.94 bits per heavy atom. The fourth-order valence-corrected chi connectivity index (χ4v) is 3.40. The molecule has 0 aliphatic heterocycles. The van der Waals surface area contributed by atoms with Gasteiger partial charge in [0.25, 0.3) is 0 Å². The molecule has 5 aromatic rings. The van der Waals surface area contributed by atoms with Crippen LogP contribution in [-0.2, 0) is 0 Å². The van der Waals surface area contributed by atoms with E-state index in [1.807, 2.05) is 30.3 Å². The van der Waals surface area contributed by atoms with Crippen LogP contribution in [0.5, 0.6) is 0 Å². The van der Waals surface area contributed by atoms with Crippen molar-refractivity contribution < 1.29 is 13.2 Å². The van der Waals surface area contributed by atoms with E-state index in [1.54, 1.807) is 12.3 Å². The highest BCUT2D eigenvalue weighted by molar-refractivity contribution is 7.59. The molecule has 32 heavy (non-hydrogen) atoms. The number of benzene rings is 1. The number of aromatic amines is 2. The Labute approximate surface area is 188 Å². The normalized spacial score (nSPS) is 12.2. The average molecular weight is 462 g/mol. The number of anilines is 1. The van der Waals surface area contributed by atoms with Crippen LogP contribution in [-0.4, -0.2) is 35.9 Å². The van der Waals surface area contributed by atoms with E-state index in [4.69, 9.17) is 5.73 Å². The van der Waals surface area contributed by atoms with Gasteiger partial charge in [-0.05, 0) is 24.6 Å². The van der Waals surface area contributed by atoms with Gasteiger partial charge in [0.05, 0.1) is 11.9 Å². The van der Waals surface area contributed by atoms with E-state index in [2.05, 4.69) is 25.0 Å². The number of hydrogen-bond donors (Lipinski definition) is 3. The molecule has 4 N–H and O–H groups in total. The highest BCUT2D eigenvalue weighted by atomic mass is 32.1. The van der Waals surface area contributed by atoms with Gasteiger partial charge < -0.3 is 15.7 Å². The number of halogens is 3. The highest BCUT2D eigenvalue weighted by Crippen LogP contribution is 2.34. The molecule has 0 amide bonds. The van der Waals surface area contributed by atoms with Gasteiger partial charge in [-0.3, -0.25) is 4.68 Å². The van der Waals surface area contributed by atoms with Crippen molar-refractivity contribution in [1.29, 1.82) is 0 Å². The molecule has 0 fully saturated rings. The Morgan fingerprint density at radius 1 is 1.16 bits per heavy atom. The molecule has 1 aromatic carbocycles. The van der Waals surface area contributed by atoms with Crippen LogP contribution in [0.2, 0.25) is 0 Å². The third-order valence-corrected chi connectivity index (χ3v) is 4.86. The molecule has 0 radical (unpaired) electrons. The molecule has 7 nitrogen and oxygen atoms in total. The molecule has 0 aliphatic rings. The number of hydrogen-bond acceptors (Lipinski definition) is 4. The number of fused-ring (bicyclic) bond motifs is 2.